The van der Waals surface area contributed by atoms with Gasteiger partial charge in [-0.05, 0) is 31.0 Å². The minimum absolute atomic E-state index is 0.0686. The van der Waals surface area contributed by atoms with Crippen molar-refractivity contribution < 1.29 is 19.5 Å². The number of aliphatic carboxylic acids is 1. The van der Waals surface area contributed by atoms with Crippen LogP contribution < -0.4 is 10.6 Å². The van der Waals surface area contributed by atoms with Crippen molar-refractivity contribution in [1.82, 2.24) is 10.6 Å². The summed E-state index contributed by atoms with van der Waals surface area (Å²) in [6.07, 6.45) is 3.52. The Balaban J connectivity index is 2.81. The van der Waals surface area contributed by atoms with Crippen LogP contribution in [0.2, 0.25) is 5.02 Å². The quantitative estimate of drug-likeness (QED) is 0.626. The van der Waals surface area contributed by atoms with Gasteiger partial charge in [-0.1, -0.05) is 35.9 Å². The predicted molar refractivity (Wildman–Crippen MR) is 91.6 cm³/mol. The number of nitrogens with one attached hydrogen (secondary N) is 2. The number of carboxylic acids is 1. The maximum Gasteiger partial charge on any atom is 0.326 e. The fourth-order valence-electron chi connectivity index (χ4n) is 2.12. The van der Waals surface area contributed by atoms with E-state index in [1.807, 2.05) is 0 Å². The second-order valence-electron chi connectivity index (χ2n) is 5.27. The zero-order valence-corrected chi connectivity index (χ0v) is 14.3. The molecule has 0 bridgehead atoms. The Labute approximate surface area is 145 Å². The van der Waals surface area contributed by atoms with E-state index in [4.69, 9.17) is 16.7 Å². The van der Waals surface area contributed by atoms with Crippen LogP contribution in [0.4, 0.5) is 0 Å². The van der Waals surface area contributed by atoms with Crippen molar-refractivity contribution in [3.63, 3.8) is 0 Å². The van der Waals surface area contributed by atoms with Crippen LogP contribution in [-0.2, 0) is 14.4 Å². The highest BCUT2D eigenvalue weighted by atomic mass is 35.5. The molecule has 2 atom stereocenters. The largest absolute Gasteiger partial charge is 0.480 e. The van der Waals surface area contributed by atoms with Crippen LogP contribution >= 0.6 is 11.6 Å². The molecule has 0 aliphatic carbocycles. The zero-order valence-electron chi connectivity index (χ0n) is 13.6. The van der Waals surface area contributed by atoms with Crippen molar-refractivity contribution >= 4 is 29.4 Å². The van der Waals surface area contributed by atoms with Crippen molar-refractivity contribution in [3.05, 3.63) is 47.0 Å². The van der Waals surface area contributed by atoms with Gasteiger partial charge in [0.2, 0.25) is 11.8 Å². The van der Waals surface area contributed by atoms with Gasteiger partial charge in [0.1, 0.15) is 6.04 Å². The Bertz CT molecular complexity index is 614. The number of hydrogen-bond donors (Lipinski definition) is 3. The second-order valence-corrected chi connectivity index (χ2v) is 5.71. The van der Waals surface area contributed by atoms with E-state index in [0.29, 0.717) is 10.6 Å². The number of allylic oxidation sites excluding steroid dienone is 1. The van der Waals surface area contributed by atoms with Crippen LogP contribution in [0.25, 0.3) is 0 Å². The van der Waals surface area contributed by atoms with E-state index in [1.54, 1.807) is 43.3 Å². The molecule has 0 radical (unpaired) electrons. The molecule has 0 saturated carbocycles. The number of carboxylic acid groups (broad SMARTS) is 1. The van der Waals surface area contributed by atoms with E-state index in [0.717, 1.165) is 0 Å². The van der Waals surface area contributed by atoms with Crippen molar-refractivity contribution in [3.8, 4) is 0 Å². The summed E-state index contributed by atoms with van der Waals surface area (Å²) in [7, 11) is 0. The monoisotopic (exact) mass is 352 g/mol. The van der Waals surface area contributed by atoms with Crippen LogP contribution in [0, 0.1) is 0 Å². The molecular formula is C17H21ClN2O4. The molecule has 1 aromatic rings. The SMILES string of the molecule is C/C=C/CC(NC(=O)CC(NC(C)=O)c1ccc(Cl)cc1)C(=O)O. The number of amides is 2. The molecule has 0 aromatic heterocycles. The molecule has 2 unspecified atom stereocenters. The number of carbonyl (C=O) groups is 3. The van der Waals surface area contributed by atoms with Crippen LogP contribution in [-0.4, -0.2) is 28.9 Å². The molecule has 7 heteroatoms. The standard InChI is InChI=1S/C17H21ClN2O4/c1-3-4-5-14(17(23)24)20-16(22)10-15(19-11(2)21)12-6-8-13(18)9-7-12/h3-4,6-9,14-15H,5,10H2,1-2H3,(H,19,21)(H,20,22)(H,23,24)/b4-3+. The molecule has 2 amide bonds. The number of hydrogen-bond acceptors (Lipinski definition) is 3. The highest BCUT2D eigenvalue weighted by Crippen LogP contribution is 2.19. The summed E-state index contributed by atoms with van der Waals surface area (Å²) < 4.78 is 0. The van der Waals surface area contributed by atoms with Gasteiger partial charge in [0.15, 0.2) is 0 Å². The summed E-state index contributed by atoms with van der Waals surface area (Å²) in [6, 6.07) is 5.19. The van der Waals surface area contributed by atoms with Crippen LogP contribution in [0.5, 0.6) is 0 Å². The van der Waals surface area contributed by atoms with Crippen molar-refractivity contribution in [2.75, 3.05) is 0 Å². The number of carbonyl (C=O) groups excluding carboxylic acids is 2. The Hall–Kier alpha value is -2.34. The summed E-state index contributed by atoms with van der Waals surface area (Å²) in [5.41, 5.74) is 0.713. The third kappa shape index (κ3) is 6.83. The lowest BCUT2D eigenvalue weighted by atomic mass is 10.0. The Morgan fingerprint density at radius 2 is 1.83 bits per heavy atom. The zero-order chi connectivity index (χ0) is 18.1. The van der Waals surface area contributed by atoms with Crippen LogP contribution in [0.3, 0.4) is 0 Å². The molecule has 0 fully saturated rings. The first-order valence-corrected chi connectivity index (χ1v) is 7.87. The fraction of sp³-hybridized carbons (Fsp3) is 0.353. The van der Waals surface area contributed by atoms with Crippen LogP contribution in [0.1, 0.15) is 38.3 Å². The van der Waals surface area contributed by atoms with E-state index < -0.39 is 24.0 Å². The molecule has 1 aromatic carbocycles. The van der Waals surface area contributed by atoms with Crippen molar-refractivity contribution in [2.24, 2.45) is 0 Å². The smallest absolute Gasteiger partial charge is 0.326 e. The Morgan fingerprint density at radius 3 is 2.33 bits per heavy atom. The molecular weight excluding hydrogens is 332 g/mol. The average molecular weight is 353 g/mol. The molecule has 0 saturated heterocycles. The minimum Gasteiger partial charge on any atom is -0.480 e. The first-order valence-electron chi connectivity index (χ1n) is 7.49. The van der Waals surface area contributed by atoms with Gasteiger partial charge in [-0.3, -0.25) is 9.59 Å². The van der Waals surface area contributed by atoms with Crippen LogP contribution in [0.15, 0.2) is 36.4 Å². The maximum absolute atomic E-state index is 12.2. The number of halogens is 1. The van der Waals surface area contributed by atoms with Gasteiger partial charge in [-0.25, -0.2) is 4.79 Å². The average Bonchev–Trinajstić information content (AvgIpc) is 2.50. The lowest BCUT2D eigenvalue weighted by Gasteiger charge is -2.20. The highest BCUT2D eigenvalue weighted by molar-refractivity contribution is 6.30. The fourth-order valence-corrected chi connectivity index (χ4v) is 2.25. The summed E-state index contributed by atoms with van der Waals surface area (Å²) in [6.45, 7) is 3.13. The Morgan fingerprint density at radius 1 is 1.21 bits per heavy atom. The van der Waals surface area contributed by atoms with E-state index in [-0.39, 0.29) is 18.7 Å². The molecule has 6 nitrogen and oxygen atoms in total. The molecule has 3 N–H and O–H groups in total. The van der Waals surface area contributed by atoms with Gasteiger partial charge in [0.05, 0.1) is 12.5 Å². The molecule has 0 aliphatic rings. The second kappa shape index (κ2) is 9.72. The lowest BCUT2D eigenvalue weighted by Crippen LogP contribution is -2.42. The topological polar surface area (TPSA) is 95.5 Å². The highest BCUT2D eigenvalue weighted by Gasteiger charge is 2.22. The molecule has 130 valence electrons. The van der Waals surface area contributed by atoms with Crippen molar-refractivity contribution in [1.29, 1.82) is 0 Å². The summed E-state index contributed by atoms with van der Waals surface area (Å²) in [4.78, 5) is 34.7. The summed E-state index contributed by atoms with van der Waals surface area (Å²) >= 11 is 5.84. The molecule has 0 aliphatic heterocycles. The third-order valence-electron chi connectivity index (χ3n) is 3.28. The summed E-state index contributed by atoms with van der Waals surface area (Å²) in [5.74, 6) is -1.85. The third-order valence-corrected chi connectivity index (χ3v) is 3.53. The van der Waals surface area contributed by atoms with Gasteiger partial charge in [0, 0.05) is 11.9 Å². The van der Waals surface area contributed by atoms with Gasteiger partial charge >= 0.3 is 5.97 Å². The number of rotatable bonds is 8. The first kappa shape index (κ1) is 19.7. The molecule has 0 spiro atoms. The molecule has 24 heavy (non-hydrogen) atoms. The molecule has 0 heterocycles. The maximum atomic E-state index is 12.2. The predicted octanol–water partition coefficient (Wildman–Crippen LogP) is 2.44. The minimum atomic E-state index is -1.11. The normalized spacial score (nSPS) is 13.3. The van der Waals surface area contributed by atoms with Crippen molar-refractivity contribution in [2.45, 2.75) is 38.8 Å². The van der Waals surface area contributed by atoms with Gasteiger partial charge in [-0.15, -0.1) is 0 Å². The summed E-state index contributed by atoms with van der Waals surface area (Å²) in [5, 5.41) is 14.8. The number of benzene rings is 1. The van der Waals surface area contributed by atoms with E-state index in [1.165, 1.54) is 6.92 Å². The van der Waals surface area contributed by atoms with Gasteiger partial charge in [0.25, 0.3) is 0 Å². The van der Waals surface area contributed by atoms with E-state index in [9.17, 15) is 14.4 Å². The Kier molecular flexibility index (Phi) is 7.98. The first-order chi connectivity index (χ1) is 11.3. The lowest BCUT2D eigenvalue weighted by molar-refractivity contribution is -0.141. The van der Waals surface area contributed by atoms with Gasteiger partial charge < -0.3 is 15.7 Å². The van der Waals surface area contributed by atoms with Gasteiger partial charge in [-0.2, -0.15) is 0 Å². The van der Waals surface area contributed by atoms with E-state index in [2.05, 4.69) is 10.6 Å². The molecule has 1 rings (SSSR count). The van der Waals surface area contributed by atoms with E-state index >= 15 is 0 Å².